The number of nitrogens with two attached hydrogens (primary N) is 2. The van der Waals surface area contributed by atoms with Gasteiger partial charge in [-0.15, -0.1) is 0 Å². The van der Waals surface area contributed by atoms with Crippen LogP contribution in [0, 0.1) is 0 Å². The molecule has 1 aliphatic heterocycles. The highest BCUT2D eigenvalue weighted by Crippen LogP contribution is 2.42. The first-order chi connectivity index (χ1) is 7.65. The van der Waals surface area contributed by atoms with Crippen LogP contribution in [0.3, 0.4) is 0 Å². The first-order valence-electron chi connectivity index (χ1n) is 4.71. The molecule has 6 nitrogen and oxygen atoms in total. The van der Waals surface area contributed by atoms with E-state index in [1.54, 1.807) is 6.07 Å². The molecule has 1 heterocycles. The summed E-state index contributed by atoms with van der Waals surface area (Å²) in [5.41, 5.74) is 11.3. The molecule has 0 spiro atoms. The van der Waals surface area contributed by atoms with Gasteiger partial charge in [-0.3, -0.25) is 4.79 Å². The van der Waals surface area contributed by atoms with Gasteiger partial charge in [0.1, 0.15) is 24.5 Å². The Morgan fingerprint density at radius 2 is 2.12 bits per heavy atom. The number of methoxy groups -OCH3 is 1. The number of carbonyl (C=O) groups excluding carboxylic acids is 1. The zero-order chi connectivity index (χ0) is 11.7. The molecule has 0 aliphatic carbocycles. The number of hydrogen-bond donors (Lipinski definition) is 2. The molecule has 2 rings (SSSR count). The summed E-state index contributed by atoms with van der Waals surface area (Å²) in [7, 11) is 1.43. The van der Waals surface area contributed by atoms with Gasteiger partial charge in [0.25, 0.3) is 5.91 Å². The SMILES string of the molecule is COc1cc2c(c(N)c1C(N)=O)OCCO2. The van der Waals surface area contributed by atoms with Crippen molar-refractivity contribution < 1.29 is 19.0 Å². The lowest BCUT2D eigenvalue weighted by atomic mass is 10.1. The van der Waals surface area contributed by atoms with Crippen molar-refractivity contribution in [3.05, 3.63) is 11.6 Å². The van der Waals surface area contributed by atoms with E-state index in [1.807, 2.05) is 0 Å². The van der Waals surface area contributed by atoms with Gasteiger partial charge in [0, 0.05) is 6.07 Å². The molecule has 0 atom stereocenters. The average molecular weight is 224 g/mol. The van der Waals surface area contributed by atoms with Crippen LogP contribution in [0.2, 0.25) is 0 Å². The van der Waals surface area contributed by atoms with Crippen LogP contribution in [0.1, 0.15) is 10.4 Å². The van der Waals surface area contributed by atoms with Crippen molar-refractivity contribution in [3.63, 3.8) is 0 Å². The van der Waals surface area contributed by atoms with Crippen molar-refractivity contribution in [2.75, 3.05) is 26.1 Å². The molecule has 0 aromatic heterocycles. The van der Waals surface area contributed by atoms with Gasteiger partial charge in [-0.2, -0.15) is 0 Å². The maximum Gasteiger partial charge on any atom is 0.254 e. The average Bonchev–Trinajstić information content (AvgIpc) is 2.28. The molecule has 1 aromatic carbocycles. The number of carbonyl (C=O) groups is 1. The zero-order valence-corrected chi connectivity index (χ0v) is 8.78. The predicted molar refractivity (Wildman–Crippen MR) is 56.9 cm³/mol. The van der Waals surface area contributed by atoms with Gasteiger partial charge in [0.2, 0.25) is 0 Å². The van der Waals surface area contributed by atoms with E-state index >= 15 is 0 Å². The quantitative estimate of drug-likeness (QED) is 0.697. The highest BCUT2D eigenvalue weighted by atomic mass is 16.6. The largest absolute Gasteiger partial charge is 0.496 e. The number of primary amides is 1. The third kappa shape index (κ3) is 1.48. The predicted octanol–water partition coefficient (Wildman–Crippen LogP) is 0.148. The molecule has 0 radical (unpaired) electrons. The van der Waals surface area contributed by atoms with E-state index in [0.717, 1.165) is 0 Å². The zero-order valence-electron chi connectivity index (χ0n) is 8.78. The fraction of sp³-hybridized carbons (Fsp3) is 0.300. The summed E-state index contributed by atoms with van der Waals surface area (Å²) >= 11 is 0. The van der Waals surface area contributed by atoms with Crippen LogP contribution in [0.4, 0.5) is 5.69 Å². The topological polar surface area (TPSA) is 96.8 Å². The summed E-state index contributed by atoms with van der Waals surface area (Å²) in [6.45, 7) is 0.827. The fourth-order valence-electron chi connectivity index (χ4n) is 1.60. The number of anilines is 1. The molecule has 1 aliphatic rings. The van der Waals surface area contributed by atoms with Gasteiger partial charge >= 0.3 is 0 Å². The van der Waals surface area contributed by atoms with Gasteiger partial charge in [0.05, 0.1) is 12.8 Å². The van der Waals surface area contributed by atoms with Gasteiger partial charge in [-0.05, 0) is 0 Å². The highest BCUT2D eigenvalue weighted by Gasteiger charge is 2.24. The summed E-state index contributed by atoms with van der Waals surface area (Å²) in [6.07, 6.45) is 0. The maximum atomic E-state index is 11.3. The monoisotopic (exact) mass is 224 g/mol. The Hall–Kier alpha value is -2.11. The molecule has 0 bridgehead atoms. The summed E-state index contributed by atoms with van der Waals surface area (Å²) < 4.78 is 15.7. The number of fused-ring (bicyclic) bond motifs is 1. The molecule has 0 saturated heterocycles. The van der Waals surface area contributed by atoms with E-state index in [-0.39, 0.29) is 17.0 Å². The summed E-state index contributed by atoms with van der Waals surface area (Å²) in [5.74, 6) is 0.437. The number of rotatable bonds is 2. The fourth-order valence-corrected chi connectivity index (χ4v) is 1.60. The first kappa shape index (κ1) is 10.4. The number of amides is 1. The van der Waals surface area contributed by atoms with Crippen LogP contribution in [-0.4, -0.2) is 26.2 Å². The van der Waals surface area contributed by atoms with E-state index in [2.05, 4.69) is 0 Å². The Labute approximate surface area is 92.1 Å². The van der Waals surface area contributed by atoms with Crippen molar-refractivity contribution in [2.45, 2.75) is 0 Å². The molecule has 16 heavy (non-hydrogen) atoms. The molecule has 4 N–H and O–H groups in total. The minimum absolute atomic E-state index is 0.117. The molecule has 1 amide bonds. The molecular formula is C10H12N2O4. The Morgan fingerprint density at radius 3 is 2.75 bits per heavy atom. The number of benzene rings is 1. The van der Waals surface area contributed by atoms with Crippen LogP contribution in [0.15, 0.2) is 6.07 Å². The second-order valence-corrected chi connectivity index (χ2v) is 3.26. The third-order valence-electron chi connectivity index (χ3n) is 2.30. The third-order valence-corrected chi connectivity index (χ3v) is 2.30. The van der Waals surface area contributed by atoms with Crippen molar-refractivity contribution in [3.8, 4) is 17.2 Å². The second kappa shape index (κ2) is 3.80. The maximum absolute atomic E-state index is 11.3. The van der Waals surface area contributed by atoms with Crippen LogP contribution >= 0.6 is 0 Å². The molecule has 1 aromatic rings. The van der Waals surface area contributed by atoms with Crippen LogP contribution in [0.5, 0.6) is 17.2 Å². The van der Waals surface area contributed by atoms with Gasteiger partial charge in [0.15, 0.2) is 11.5 Å². The molecule has 86 valence electrons. The Morgan fingerprint density at radius 1 is 1.44 bits per heavy atom. The van der Waals surface area contributed by atoms with Gasteiger partial charge in [-0.1, -0.05) is 0 Å². The van der Waals surface area contributed by atoms with E-state index in [0.29, 0.717) is 24.7 Å². The van der Waals surface area contributed by atoms with Crippen molar-refractivity contribution >= 4 is 11.6 Å². The van der Waals surface area contributed by atoms with Gasteiger partial charge < -0.3 is 25.7 Å². The molecule has 6 heteroatoms. The van der Waals surface area contributed by atoms with E-state index in [1.165, 1.54) is 7.11 Å². The van der Waals surface area contributed by atoms with Crippen molar-refractivity contribution in [2.24, 2.45) is 5.73 Å². The molecule has 0 saturated carbocycles. The molecule has 0 unspecified atom stereocenters. The minimum atomic E-state index is -0.661. The standard InChI is InChI=1S/C10H12N2O4/c1-14-5-4-6-9(16-3-2-15-6)8(11)7(5)10(12)13/h4H,2-3,11H2,1H3,(H2,12,13). The van der Waals surface area contributed by atoms with Crippen molar-refractivity contribution in [1.82, 2.24) is 0 Å². The Kier molecular flexibility index (Phi) is 2.47. The normalized spacial score (nSPS) is 13.3. The molecule has 0 fully saturated rings. The number of hydrogen-bond acceptors (Lipinski definition) is 5. The van der Waals surface area contributed by atoms with E-state index in [4.69, 9.17) is 25.7 Å². The van der Waals surface area contributed by atoms with Crippen LogP contribution in [-0.2, 0) is 0 Å². The van der Waals surface area contributed by atoms with Crippen molar-refractivity contribution in [1.29, 1.82) is 0 Å². The lowest BCUT2D eigenvalue weighted by molar-refractivity contribution is 0.0997. The highest BCUT2D eigenvalue weighted by molar-refractivity contribution is 6.03. The lowest BCUT2D eigenvalue weighted by Crippen LogP contribution is -2.20. The number of ether oxygens (including phenoxy) is 3. The first-order valence-corrected chi connectivity index (χ1v) is 4.71. The molecular weight excluding hydrogens is 212 g/mol. The van der Waals surface area contributed by atoms with E-state index < -0.39 is 5.91 Å². The van der Waals surface area contributed by atoms with Gasteiger partial charge in [-0.25, -0.2) is 0 Å². The summed E-state index contributed by atoms with van der Waals surface area (Å²) in [4.78, 5) is 11.3. The summed E-state index contributed by atoms with van der Waals surface area (Å²) in [5, 5.41) is 0. The van der Waals surface area contributed by atoms with E-state index in [9.17, 15) is 4.79 Å². The Balaban J connectivity index is 2.64. The second-order valence-electron chi connectivity index (χ2n) is 3.26. The van der Waals surface area contributed by atoms with Crippen LogP contribution < -0.4 is 25.7 Å². The number of nitrogen functional groups attached to an aromatic ring is 1. The Bertz CT molecular complexity index is 445. The minimum Gasteiger partial charge on any atom is -0.496 e. The van der Waals surface area contributed by atoms with Crippen LogP contribution in [0.25, 0.3) is 0 Å². The lowest BCUT2D eigenvalue weighted by Gasteiger charge is -2.22. The summed E-state index contributed by atoms with van der Waals surface area (Å²) in [6, 6.07) is 1.55. The smallest absolute Gasteiger partial charge is 0.254 e.